The smallest absolute Gasteiger partial charge is 0.239 e. The van der Waals surface area contributed by atoms with Crippen molar-refractivity contribution in [2.45, 2.75) is 44.6 Å². The second-order valence-corrected chi connectivity index (χ2v) is 4.77. The minimum Gasteiger partial charge on any atom is -0.356 e. The first kappa shape index (κ1) is 15.5. The van der Waals surface area contributed by atoms with Crippen LogP contribution in [0.4, 0.5) is 0 Å². The Morgan fingerprint density at radius 3 is 2.72 bits per heavy atom. The van der Waals surface area contributed by atoms with Gasteiger partial charge in [-0.2, -0.15) is 0 Å². The fraction of sp³-hybridized carbons (Fsp3) is 0.833. The first-order chi connectivity index (χ1) is 8.34. The van der Waals surface area contributed by atoms with E-state index < -0.39 is 0 Å². The Hall–Kier alpha value is -0.530. The molecule has 2 rings (SSSR count). The molecule has 1 aliphatic carbocycles. The zero-order valence-corrected chi connectivity index (χ0v) is 13.0. The van der Waals surface area contributed by atoms with Crippen molar-refractivity contribution in [1.82, 2.24) is 16.0 Å². The van der Waals surface area contributed by atoms with E-state index in [-0.39, 0.29) is 29.9 Å². The van der Waals surface area contributed by atoms with E-state index in [2.05, 4.69) is 20.9 Å². The lowest BCUT2D eigenvalue weighted by molar-refractivity contribution is -0.120. The number of nitrogens with one attached hydrogen (secondary N) is 3. The third kappa shape index (κ3) is 5.41. The van der Waals surface area contributed by atoms with Crippen molar-refractivity contribution in [3.05, 3.63) is 0 Å². The van der Waals surface area contributed by atoms with E-state index in [0.717, 1.165) is 38.3 Å². The largest absolute Gasteiger partial charge is 0.356 e. The van der Waals surface area contributed by atoms with Crippen LogP contribution in [0.1, 0.15) is 38.5 Å². The second kappa shape index (κ2) is 8.55. The molecule has 2 aliphatic rings. The number of hydrogen-bond donors (Lipinski definition) is 3. The van der Waals surface area contributed by atoms with Gasteiger partial charge >= 0.3 is 0 Å². The summed E-state index contributed by atoms with van der Waals surface area (Å²) in [5.74, 6) is 0.835. The maximum Gasteiger partial charge on any atom is 0.239 e. The molecule has 1 amide bonds. The van der Waals surface area contributed by atoms with E-state index in [4.69, 9.17) is 0 Å². The fourth-order valence-corrected chi connectivity index (χ4v) is 2.34. The van der Waals surface area contributed by atoms with E-state index in [9.17, 15) is 4.79 Å². The number of hydrogen-bond acceptors (Lipinski definition) is 4. The lowest BCUT2D eigenvalue weighted by Gasteiger charge is -2.23. The summed E-state index contributed by atoms with van der Waals surface area (Å²) in [6.07, 6.45) is 7.12. The van der Waals surface area contributed by atoms with E-state index in [1.807, 2.05) is 0 Å². The molecule has 3 N–H and O–H groups in total. The topological polar surface area (TPSA) is 65.5 Å². The molecule has 1 aliphatic heterocycles. The normalized spacial score (nSPS) is 20.1. The maximum atomic E-state index is 11.7. The molecule has 5 nitrogen and oxygen atoms in total. The molecule has 0 aromatic carbocycles. The van der Waals surface area contributed by atoms with Gasteiger partial charge in [0.25, 0.3) is 0 Å². The Bertz CT molecular complexity index is 290. The number of guanidine groups is 1. The Morgan fingerprint density at radius 1 is 1.28 bits per heavy atom. The Balaban J connectivity index is 0.00000162. The third-order valence-electron chi connectivity index (χ3n) is 3.28. The summed E-state index contributed by atoms with van der Waals surface area (Å²) in [5, 5.41) is 9.25. The van der Waals surface area contributed by atoms with E-state index in [0.29, 0.717) is 12.6 Å². The molecule has 1 saturated carbocycles. The van der Waals surface area contributed by atoms with Crippen LogP contribution in [0.15, 0.2) is 4.99 Å². The van der Waals surface area contributed by atoms with E-state index >= 15 is 0 Å². The predicted octanol–water partition coefficient (Wildman–Crippen LogP) is 0.992. The summed E-state index contributed by atoms with van der Waals surface area (Å²) in [6, 6.07) is 0.388. The molecular weight excluding hydrogens is 343 g/mol. The molecule has 18 heavy (non-hydrogen) atoms. The van der Waals surface area contributed by atoms with Crippen LogP contribution in [-0.4, -0.2) is 37.5 Å². The molecule has 0 radical (unpaired) electrons. The number of amides is 1. The summed E-state index contributed by atoms with van der Waals surface area (Å²) in [6.45, 7) is 2.11. The van der Waals surface area contributed by atoms with Crippen LogP contribution >= 0.6 is 24.0 Å². The molecule has 104 valence electrons. The second-order valence-electron chi connectivity index (χ2n) is 4.77. The van der Waals surface area contributed by atoms with Crippen molar-refractivity contribution in [2.75, 3.05) is 19.6 Å². The van der Waals surface area contributed by atoms with Gasteiger partial charge in [0.05, 0.1) is 6.54 Å². The van der Waals surface area contributed by atoms with Crippen LogP contribution in [-0.2, 0) is 4.79 Å². The molecule has 1 heterocycles. The molecule has 0 aromatic heterocycles. The molecule has 0 bridgehead atoms. The standard InChI is InChI=1S/C12H22N4O.HI/c17-11(16-10-5-2-1-3-6-10)9-15-12-13-7-4-8-14-12;/h10H,1-9H2,(H,16,17)(H2,13,14,15);1H. The lowest BCUT2D eigenvalue weighted by Crippen LogP contribution is -2.47. The molecular formula is C12H23IN4O. The maximum absolute atomic E-state index is 11.7. The van der Waals surface area contributed by atoms with Crippen molar-refractivity contribution in [3.63, 3.8) is 0 Å². The van der Waals surface area contributed by atoms with Crippen molar-refractivity contribution < 1.29 is 4.79 Å². The minimum absolute atomic E-state index is 0. The van der Waals surface area contributed by atoms with Crippen LogP contribution in [0.5, 0.6) is 0 Å². The molecule has 0 spiro atoms. The predicted molar refractivity (Wildman–Crippen MR) is 83.4 cm³/mol. The van der Waals surface area contributed by atoms with Crippen LogP contribution in [0.3, 0.4) is 0 Å². The van der Waals surface area contributed by atoms with Crippen LogP contribution in [0.25, 0.3) is 0 Å². The Kier molecular flexibility index (Phi) is 7.38. The zero-order chi connectivity index (χ0) is 11.9. The van der Waals surface area contributed by atoms with E-state index in [1.54, 1.807) is 0 Å². The summed E-state index contributed by atoms with van der Waals surface area (Å²) in [4.78, 5) is 16.0. The highest BCUT2D eigenvalue weighted by atomic mass is 127. The fourth-order valence-electron chi connectivity index (χ4n) is 2.34. The lowest BCUT2D eigenvalue weighted by atomic mass is 9.95. The molecule has 0 atom stereocenters. The van der Waals surface area contributed by atoms with Gasteiger partial charge in [0.15, 0.2) is 5.96 Å². The van der Waals surface area contributed by atoms with Crippen molar-refractivity contribution in [1.29, 1.82) is 0 Å². The highest BCUT2D eigenvalue weighted by Gasteiger charge is 2.15. The van der Waals surface area contributed by atoms with Gasteiger partial charge in [0, 0.05) is 19.1 Å². The van der Waals surface area contributed by atoms with Crippen LogP contribution in [0.2, 0.25) is 0 Å². The molecule has 0 saturated heterocycles. The van der Waals surface area contributed by atoms with Gasteiger partial charge in [-0.05, 0) is 19.3 Å². The van der Waals surface area contributed by atoms with Gasteiger partial charge in [-0.15, -0.1) is 24.0 Å². The van der Waals surface area contributed by atoms with Crippen molar-refractivity contribution in [3.8, 4) is 0 Å². The Morgan fingerprint density at radius 2 is 2.06 bits per heavy atom. The first-order valence-electron chi connectivity index (χ1n) is 6.66. The summed E-state index contributed by atoms with van der Waals surface area (Å²) in [5.41, 5.74) is 0. The van der Waals surface area contributed by atoms with Gasteiger partial charge in [0.2, 0.25) is 5.91 Å². The average molecular weight is 366 g/mol. The number of nitrogens with zero attached hydrogens (tertiary/aromatic N) is 1. The summed E-state index contributed by atoms with van der Waals surface area (Å²) >= 11 is 0. The van der Waals surface area contributed by atoms with Crippen LogP contribution < -0.4 is 16.0 Å². The number of carbonyl (C=O) groups is 1. The zero-order valence-electron chi connectivity index (χ0n) is 10.7. The first-order valence-corrected chi connectivity index (χ1v) is 6.66. The Labute approximate surface area is 126 Å². The van der Waals surface area contributed by atoms with Gasteiger partial charge < -0.3 is 16.0 Å². The average Bonchev–Trinajstić information content (AvgIpc) is 2.39. The number of carbonyl (C=O) groups excluding carboxylic acids is 1. The summed E-state index contributed by atoms with van der Waals surface area (Å²) in [7, 11) is 0. The molecule has 0 unspecified atom stereocenters. The van der Waals surface area contributed by atoms with Gasteiger partial charge in [0.1, 0.15) is 0 Å². The summed E-state index contributed by atoms with van der Waals surface area (Å²) < 4.78 is 0. The van der Waals surface area contributed by atoms with Crippen molar-refractivity contribution >= 4 is 35.8 Å². The minimum atomic E-state index is 0. The molecule has 1 fully saturated rings. The quantitative estimate of drug-likeness (QED) is 0.653. The van der Waals surface area contributed by atoms with Crippen LogP contribution in [0, 0.1) is 0 Å². The number of halogens is 1. The molecule has 0 aromatic rings. The highest BCUT2D eigenvalue weighted by Crippen LogP contribution is 2.16. The van der Waals surface area contributed by atoms with Gasteiger partial charge in [-0.25, -0.2) is 0 Å². The monoisotopic (exact) mass is 366 g/mol. The van der Waals surface area contributed by atoms with Gasteiger partial charge in [-0.1, -0.05) is 19.3 Å². The van der Waals surface area contributed by atoms with Gasteiger partial charge in [-0.3, -0.25) is 9.79 Å². The highest BCUT2D eigenvalue weighted by molar-refractivity contribution is 14.0. The van der Waals surface area contributed by atoms with Crippen molar-refractivity contribution in [2.24, 2.45) is 4.99 Å². The third-order valence-corrected chi connectivity index (χ3v) is 3.28. The number of rotatable bonds is 3. The SMILES string of the molecule is I.O=C(CNC1=NCCCN1)NC1CCCCC1. The molecule has 6 heteroatoms. The number of aliphatic imine (C=N–C) groups is 1. The van der Waals surface area contributed by atoms with E-state index in [1.165, 1.54) is 19.3 Å².